The predicted octanol–water partition coefficient (Wildman–Crippen LogP) is 1.27. The fourth-order valence-corrected chi connectivity index (χ4v) is 3.42. The third kappa shape index (κ3) is 3.88. The van der Waals surface area contributed by atoms with Gasteiger partial charge in [0.15, 0.2) is 0 Å². The molecule has 2 aromatic heterocycles. The van der Waals surface area contributed by atoms with Gasteiger partial charge in [0, 0.05) is 56.7 Å². The van der Waals surface area contributed by atoms with Crippen molar-refractivity contribution in [3.63, 3.8) is 0 Å². The molecule has 3 heterocycles. The van der Waals surface area contributed by atoms with Gasteiger partial charge in [0.1, 0.15) is 0 Å². The highest BCUT2D eigenvalue weighted by Gasteiger charge is 2.24. The lowest BCUT2D eigenvalue weighted by molar-refractivity contribution is -0.133. The van der Waals surface area contributed by atoms with E-state index in [0.717, 1.165) is 37.0 Å². The Balaban J connectivity index is 1.49. The topological polar surface area (TPSA) is 65.5 Å². The SMILES string of the molecule is C[C@H](c1cncs1)N(C)C(=O)CN1CCN(c2ncccn2)CC1. The minimum Gasteiger partial charge on any atom is -0.338 e. The molecule has 0 unspecified atom stereocenters. The zero-order chi connectivity index (χ0) is 16.9. The van der Waals surface area contributed by atoms with Crippen molar-refractivity contribution >= 4 is 23.2 Å². The molecule has 24 heavy (non-hydrogen) atoms. The van der Waals surface area contributed by atoms with Crippen molar-refractivity contribution < 1.29 is 4.79 Å². The quantitative estimate of drug-likeness (QED) is 0.812. The van der Waals surface area contributed by atoms with Gasteiger partial charge in [0.05, 0.1) is 18.1 Å². The monoisotopic (exact) mass is 346 g/mol. The van der Waals surface area contributed by atoms with E-state index in [9.17, 15) is 4.79 Å². The summed E-state index contributed by atoms with van der Waals surface area (Å²) in [7, 11) is 1.86. The van der Waals surface area contributed by atoms with E-state index >= 15 is 0 Å². The van der Waals surface area contributed by atoms with E-state index in [2.05, 4.69) is 24.8 Å². The summed E-state index contributed by atoms with van der Waals surface area (Å²) >= 11 is 1.58. The molecule has 1 amide bonds. The number of nitrogens with zero attached hydrogens (tertiary/aromatic N) is 6. The van der Waals surface area contributed by atoms with Gasteiger partial charge in [-0.25, -0.2) is 9.97 Å². The Morgan fingerprint density at radius 1 is 1.29 bits per heavy atom. The third-order valence-corrected chi connectivity index (χ3v) is 5.35. The normalized spacial score (nSPS) is 16.8. The van der Waals surface area contributed by atoms with E-state index in [1.165, 1.54) is 0 Å². The first kappa shape index (κ1) is 16.8. The van der Waals surface area contributed by atoms with Gasteiger partial charge in [-0.05, 0) is 13.0 Å². The number of carbonyl (C=O) groups excluding carboxylic acids is 1. The number of carbonyl (C=O) groups is 1. The molecular weight excluding hydrogens is 324 g/mol. The minimum atomic E-state index is 0.0593. The van der Waals surface area contributed by atoms with E-state index in [1.807, 2.05) is 26.2 Å². The lowest BCUT2D eigenvalue weighted by Crippen LogP contribution is -2.50. The standard InChI is InChI=1S/C16H22N6OS/c1-13(14-10-17-12-24-14)20(2)15(23)11-21-6-8-22(9-7-21)16-18-4-3-5-19-16/h3-5,10,12-13H,6-9,11H2,1-2H3/t13-/m1/s1. The van der Waals surface area contributed by atoms with Crippen LogP contribution in [0.4, 0.5) is 5.95 Å². The highest BCUT2D eigenvalue weighted by molar-refractivity contribution is 7.09. The van der Waals surface area contributed by atoms with Crippen molar-refractivity contribution in [1.29, 1.82) is 0 Å². The van der Waals surface area contributed by atoms with Crippen LogP contribution >= 0.6 is 11.3 Å². The van der Waals surface area contributed by atoms with E-state index in [4.69, 9.17) is 0 Å². The number of thiazole rings is 1. The molecule has 0 bridgehead atoms. The molecule has 0 radical (unpaired) electrons. The van der Waals surface area contributed by atoms with Crippen LogP contribution in [-0.4, -0.2) is 70.4 Å². The van der Waals surface area contributed by atoms with E-state index in [0.29, 0.717) is 6.54 Å². The Kier molecular flexibility index (Phi) is 5.37. The Bertz CT molecular complexity index is 642. The second-order valence-corrected chi connectivity index (χ2v) is 6.81. The molecule has 3 rings (SSSR count). The molecule has 0 aromatic carbocycles. The number of hydrogen-bond acceptors (Lipinski definition) is 7. The number of piperazine rings is 1. The van der Waals surface area contributed by atoms with Crippen LogP contribution in [0.15, 0.2) is 30.2 Å². The molecule has 1 aliphatic rings. The van der Waals surface area contributed by atoms with Gasteiger partial charge in [-0.1, -0.05) is 0 Å². The van der Waals surface area contributed by atoms with Gasteiger partial charge in [-0.2, -0.15) is 0 Å². The van der Waals surface area contributed by atoms with Crippen LogP contribution in [0.1, 0.15) is 17.8 Å². The fraction of sp³-hybridized carbons (Fsp3) is 0.500. The number of amides is 1. The molecule has 7 nitrogen and oxygen atoms in total. The van der Waals surface area contributed by atoms with Crippen LogP contribution in [0.3, 0.4) is 0 Å². The van der Waals surface area contributed by atoms with Gasteiger partial charge in [-0.15, -0.1) is 11.3 Å². The van der Waals surface area contributed by atoms with Crippen LogP contribution in [0, 0.1) is 0 Å². The summed E-state index contributed by atoms with van der Waals surface area (Å²) in [6.45, 7) is 5.84. The molecule has 128 valence electrons. The predicted molar refractivity (Wildman–Crippen MR) is 94.0 cm³/mol. The Morgan fingerprint density at radius 3 is 2.62 bits per heavy atom. The largest absolute Gasteiger partial charge is 0.338 e. The molecule has 0 aliphatic carbocycles. The molecular formula is C16H22N6OS. The van der Waals surface area contributed by atoms with Crippen LogP contribution in [0.5, 0.6) is 0 Å². The minimum absolute atomic E-state index is 0.0593. The summed E-state index contributed by atoms with van der Waals surface area (Å²) in [5.74, 6) is 0.903. The third-order valence-electron chi connectivity index (χ3n) is 4.40. The number of anilines is 1. The van der Waals surface area contributed by atoms with Crippen LogP contribution in [0.2, 0.25) is 0 Å². The van der Waals surface area contributed by atoms with Gasteiger partial charge < -0.3 is 9.80 Å². The Labute approximate surface area is 146 Å². The molecule has 1 saturated heterocycles. The Morgan fingerprint density at radius 2 is 2.00 bits per heavy atom. The zero-order valence-electron chi connectivity index (χ0n) is 14.0. The smallest absolute Gasteiger partial charge is 0.237 e. The lowest BCUT2D eigenvalue weighted by atomic mass is 10.2. The summed E-state index contributed by atoms with van der Waals surface area (Å²) in [6, 6.07) is 1.88. The first-order valence-corrected chi connectivity index (χ1v) is 8.91. The van der Waals surface area contributed by atoms with Gasteiger partial charge in [-0.3, -0.25) is 14.7 Å². The number of rotatable bonds is 5. The molecule has 0 N–H and O–H groups in total. The van der Waals surface area contributed by atoms with Crippen LogP contribution in [0.25, 0.3) is 0 Å². The van der Waals surface area contributed by atoms with E-state index < -0.39 is 0 Å². The number of likely N-dealkylation sites (N-methyl/N-ethyl adjacent to an activating group) is 1. The van der Waals surface area contributed by atoms with E-state index in [1.54, 1.807) is 34.1 Å². The maximum absolute atomic E-state index is 12.5. The van der Waals surface area contributed by atoms with Gasteiger partial charge >= 0.3 is 0 Å². The summed E-state index contributed by atoms with van der Waals surface area (Å²) in [4.78, 5) is 32.5. The summed E-state index contributed by atoms with van der Waals surface area (Å²) in [6.07, 6.45) is 5.35. The lowest BCUT2D eigenvalue weighted by Gasteiger charge is -2.35. The maximum atomic E-state index is 12.5. The summed E-state index contributed by atoms with van der Waals surface area (Å²) in [5.41, 5.74) is 1.80. The van der Waals surface area contributed by atoms with Crippen molar-refractivity contribution in [3.8, 4) is 0 Å². The van der Waals surface area contributed by atoms with Crippen LogP contribution < -0.4 is 4.90 Å². The summed E-state index contributed by atoms with van der Waals surface area (Å²) in [5, 5.41) is 0. The highest BCUT2D eigenvalue weighted by Crippen LogP contribution is 2.22. The molecule has 2 aromatic rings. The van der Waals surface area contributed by atoms with E-state index in [-0.39, 0.29) is 11.9 Å². The average Bonchev–Trinajstić information content (AvgIpc) is 3.16. The van der Waals surface area contributed by atoms with Crippen molar-refractivity contribution in [2.45, 2.75) is 13.0 Å². The highest BCUT2D eigenvalue weighted by atomic mass is 32.1. The molecule has 8 heteroatoms. The molecule has 1 fully saturated rings. The zero-order valence-corrected chi connectivity index (χ0v) is 14.8. The second-order valence-electron chi connectivity index (χ2n) is 5.90. The van der Waals surface area contributed by atoms with Crippen molar-refractivity contribution in [2.75, 3.05) is 44.7 Å². The first-order chi connectivity index (χ1) is 11.6. The molecule has 0 spiro atoms. The van der Waals surface area contributed by atoms with Crippen LogP contribution in [-0.2, 0) is 4.79 Å². The summed E-state index contributed by atoms with van der Waals surface area (Å²) < 4.78 is 0. The maximum Gasteiger partial charge on any atom is 0.237 e. The fourth-order valence-electron chi connectivity index (χ4n) is 2.70. The molecule has 1 atom stereocenters. The van der Waals surface area contributed by atoms with Gasteiger partial charge in [0.2, 0.25) is 11.9 Å². The first-order valence-electron chi connectivity index (χ1n) is 8.03. The number of aromatic nitrogens is 3. The average molecular weight is 346 g/mol. The molecule has 0 saturated carbocycles. The molecule has 1 aliphatic heterocycles. The van der Waals surface area contributed by atoms with Crippen molar-refractivity contribution in [1.82, 2.24) is 24.8 Å². The van der Waals surface area contributed by atoms with Gasteiger partial charge in [0.25, 0.3) is 0 Å². The van der Waals surface area contributed by atoms with Crippen molar-refractivity contribution in [3.05, 3.63) is 35.0 Å². The van der Waals surface area contributed by atoms with Crippen molar-refractivity contribution in [2.24, 2.45) is 0 Å². The Hall–Kier alpha value is -2.06. The number of hydrogen-bond donors (Lipinski definition) is 0. The second kappa shape index (κ2) is 7.67.